The Morgan fingerprint density at radius 2 is 1.43 bits per heavy atom. The molecule has 1 saturated heterocycles. The maximum atomic E-state index is 15.3. The molecule has 0 spiro atoms. The summed E-state index contributed by atoms with van der Waals surface area (Å²) in [6.45, 7) is 0. The summed E-state index contributed by atoms with van der Waals surface area (Å²) in [5, 5.41) is 24.8. The zero-order chi connectivity index (χ0) is 36.6. The number of phenols is 1. The molecule has 9 rings (SSSR count). The standard InChI is InChI=1S/C44H32N2O7/c47-36-22-15-26-11-7-8-14-30(26)39(36)40-31-20-21-32-38(43(51)45(42(32)50)28-16-18-29(19-17-28)46(52)53)34(31)23-35-41(49)33(25-9-3-1-4-10-25)24-37(48)44(35,40)27-12-5-2-6-13-27/h1-20,22,24,32,34-35,38,40,47H,21,23H2. The predicted octanol–water partition coefficient (Wildman–Crippen LogP) is 7.48. The molecule has 9 heteroatoms. The van der Waals surface area contributed by atoms with Gasteiger partial charge in [-0.1, -0.05) is 103 Å². The lowest BCUT2D eigenvalue weighted by Gasteiger charge is -2.55. The van der Waals surface area contributed by atoms with Crippen LogP contribution in [0.1, 0.15) is 35.4 Å². The van der Waals surface area contributed by atoms with Crippen LogP contribution in [-0.4, -0.2) is 33.4 Å². The van der Waals surface area contributed by atoms with Crippen LogP contribution in [0.3, 0.4) is 0 Å². The van der Waals surface area contributed by atoms with Gasteiger partial charge in [-0.15, -0.1) is 0 Å². The highest BCUT2D eigenvalue weighted by Crippen LogP contribution is 2.65. The first-order valence-corrected chi connectivity index (χ1v) is 17.7. The molecule has 2 fully saturated rings. The summed E-state index contributed by atoms with van der Waals surface area (Å²) in [6, 6.07) is 34.7. The van der Waals surface area contributed by atoms with Gasteiger partial charge >= 0.3 is 0 Å². The van der Waals surface area contributed by atoms with Gasteiger partial charge in [-0.25, -0.2) is 0 Å². The Hall–Kier alpha value is -6.48. The van der Waals surface area contributed by atoms with E-state index in [4.69, 9.17) is 0 Å². The average molecular weight is 701 g/mol. The zero-order valence-electron chi connectivity index (χ0n) is 28.3. The first-order valence-electron chi connectivity index (χ1n) is 17.7. The molecule has 0 aromatic heterocycles. The van der Waals surface area contributed by atoms with Crippen molar-refractivity contribution in [2.24, 2.45) is 23.7 Å². The number of Topliss-reactive ketones (excluding diaryl/α,β-unsaturated/α-hetero) is 1. The number of aromatic hydroxyl groups is 1. The maximum absolute atomic E-state index is 15.3. The maximum Gasteiger partial charge on any atom is 0.269 e. The fraction of sp³-hybridized carbons (Fsp3) is 0.182. The smallest absolute Gasteiger partial charge is 0.269 e. The minimum absolute atomic E-state index is 0.0363. The van der Waals surface area contributed by atoms with Gasteiger partial charge in [0.25, 0.3) is 5.69 Å². The second kappa shape index (κ2) is 12.1. The number of non-ortho nitro benzene ring substituents is 1. The number of amides is 2. The number of anilines is 1. The van der Waals surface area contributed by atoms with Crippen molar-refractivity contribution in [1.29, 1.82) is 0 Å². The van der Waals surface area contributed by atoms with Crippen molar-refractivity contribution in [1.82, 2.24) is 0 Å². The van der Waals surface area contributed by atoms with Crippen molar-refractivity contribution in [3.05, 3.63) is 166 Å². The van der Waals surface area contributed by atoms with Crippen LogP contribution in [0.5, 0.6) is 5.75 Å². The topological polar surface area (TPSA) is 135 Å². The summed E-state index contributed by atoms with van der Waals surface area (Å²) in [7, 11) is 0. The van der Waals surface area contributed by atoms with E-state index in [2.05, 4.69) is 0 Å². The molecule has 0 radical (unpaired) electrons. The van der Waals surface area contributed by atoms with Gasteiger partial charge in [-0.3, -0.25) is 34.2 Å². The van der Waals surface area contributed by atoms with Crippen LogP contribution in [0.2, 0.25) is 0 Å². The molecular weight excluding hydrogens is 668 g/mol. The van der Waals surface area contributed by atoms with E-state index in [-0.39, 0.29) is 47.1 Å². The highest BCUT2D eigenvalue weighted by atomic mass is 16.6. The lowest BCUT2D eigenvalue weighted by molar-refractivity contribution is -0.384. The van der Waals surface area contributed by atoms with Crippen LogP contribution in [-0.2, 0) is 24.6 Å². The number of hydrogen-bond donors (Lipinski definition) is 1. The first-order chi connectivity index (χ1) is 25.7. The summed E-state index contributed by atoms with van der Waals surface area (Å²) < 4.78 is 0. The fourth-order valence-corrected chi connectivity index (χ4v) is 9.75. The number of nitro benzene ring substituents is 1. The van der Waals surface area contributed by atoms with E-state index in [0.29, 0.717) is 16.7 Å². The van der Waals surface area contributed by atoms with Gasteiger partial charge in [0.05, 0.1) is 27.9 Å². The van der Waals surface area contributed by atoms with E-state index in [1.54, 1.807) is 18.2 Å². The Morgan fingerprint density at radius 3 is 2.15 bits per heavy atom. The normalized spacial score (nSPS) is 26.4. The number of carbonyl (C=O) groups excluding carboxylic acids is 4. The number of benzene rings is 5. The Balaban J connectivity index is 1.29. The van der Waals surface area contributed by atoms with Gasteiger partial charge < -0.3 is 5.11 Å². The van der Waals surface area contributed by atoms with Gasteiger partial charge in [0, 0.05) is 35.1 Å². The SMILES string of the molecule is O=C1C(c2ccccc2)=CC(=O)C2(c3ccccc3)C1CC1C(=CCC3C(=O)N(c4ccc([N+](=O)[O-])cc4)C(=O)C31)C2c1c(O)ccc2ccccc12. The van der Waals surface area contributed by atoms with Gasteiger partial charge in [-0.05, 0) is 64.9 Å². The molecule has 9 nitrogen and oxygen atoms in total. The molecule has 1 aliphatic heterocycles. The van der Waals surface area contributed by atoms with Crippen molar-refractivity contribution < 1.29 is 29.2 Å². The predicted molar refractivity (Wildman–Crippen MR) is 198 cm³/mol. The number of allylic oxidation sites excluding steroid dienone is 4. The number of nitrogens with zero attached hydrogens (tertiary/aromatic N) is 2. The molecule has 1 saturated carbocycles. The van der Waals surface area contributed by atoms with E-state index in [0.717, 1.165) is 21.2 Å². The van der Waals surface area contributed by atoms with E-state index in [9.17, 15) is 24.8 Å². The lowest BCUT2D eigenvalue weighted by atomic mass is 9.44. The zero-order valence-corrected chi connectivity index (χ0v) is 28.3. The number of rotatable bonds is 5. The quantitative estimate of drug-likeness (QED) is 0.0869. The third kappa shape index (κ3) is 4.63. The first kappa shape index (κ1) is 32.4. The second-order valence-corrected chi connectivity index (χ2v) is 14.3. The molecule has 5 aromatic rings. The summed E-state index contributed by atoms with van der Waals surface area (Å²) in [4.78, 5) is 71.2. The monoisotopic (exact) mass is 700 g/mol. The molecule has 1 heterocycles. The van der Waals surface area contributed by atoms with Crippen LogP contribution in [0, 0.1) is 33.8 Å². The van der Waals surface area contributed by atoms with Crippen LogP contribution in [0.4, 0.5) is 11.4 Å². The molecule has 2 amide bonds. The molecule has 6 atom stereocenters. The van der Waals surface area contributed by atoms with E-state index < -0.39 is 51.7 Å². The largest absolute Gasteiger partial charge is 0.508 e. The van der Waals surface area contributed by atoms with Crippen molar-refractivity contribution in [2.75, 3.05) is 4.90 Å². The molecular formula is C44H32N2O7. The summed E-state index contributed by atoms with van der Waals surface area (Å²) in [5.41, 5.74) is 1.33. The lowest BCUT2D eigenvalue weighted by Crippen LogP contribution is -2.58. The van der Waals surface area contributed by atoms with Gasteiger partial charge in [0.15, 0.2) is 11.6 Å². The van der Waals surface area contributed by atoms with Crippen LogP contribution in [0.15, 0.2) is 139 Å². The molecule has 4 aliphatic rings. The summed E-state index contributed by atoms with van der Waals surface area (Å²) in [5.74, 6) is -5.48. The number of carbonyl (C=O) groups is 4. The van der Waals surface area contributed by atoms with Gasteiger partial charge in [0.1, 0.15) is 5.75 Å². The summed E-state index contributed by atoms with van der Waals surface area (Å²) in [6.07, 6.45) is 3.74. The minimum atomic E-state index is -1.49. The van der Waals surface area contributed by atoms with Crippen molar-refractivity contribution in [2.45, 2.75) is 24.2 Å². The number of imide groups is 1. The average Bonchev–Trinajstić information content (AvgIpc) is 3.45. The Bertz CT molecular complexity index is 2450. The van der Waals surface area contributed by atoms with E-state index >= 15 is 9.59 Å². The molecule has 6 unspecified atom stereocenters. The molecule has 0 bridgehead atoms. The Morgan fingerprint density at radius 1 is 0.755 bits per heavy atom. The Kier molecular flexibility index (Phi) is 7.37. The van der Waals surface area contributed by atoms with E-state index in [1.165, 1.54) is 30.3 Å². The summed E-state index contributed by atoms with van der Waals surface area (Å²) >= 11 is 0. The number of nitro groups is 1. The third-order valence-corrected chi connectivity index (χ3v) is 11.9. The van der Waals surface area contributed by atoms with Crippen molar-refractivity contribution in [3.63, 3.8) is 0 Å². The second-order valence-electron chi connectivity index (χ2n) is 14.3. The van der Waals surface area contributed by atoms with Gasteiger partial charge in [-0.2, -0.15) is 0 Å². The number of ketones is 2. The fourth-order valence-electron chi connectivity index (χ4n) is 9.75. The Labute approximate surface area is 304 Å². The van der Waals surface area contributed by atoms with Crippen LogP contribution in [0.25, 0.3) is 16.3 Å². The minimum Gasteiger partial charge on any atom is -0.508 e. The van der Waals surface area contributed by atoms with Crippen molar-refractivity contribution >= 4 is 51.1 Å². The molecule has 260 valence electrons. The molecule has 53 heavy (non-hydrogen) atoms. The number of hydrogen-bond acceptors (Lipinski definition) is 7. The van der Waals surface area contributed by atoms with Crippen molar-refractivity contribution in [3.8, 4) is 5.75 Å². The molecule has 5 aromatic carbocycles. The highest BCUT2D eigenvalue weighted by Gasteiger charge is 2.66. The van der Waals surface area contributed by atoms with E-state index in [1.807, 2.05) is 84.9 Å². The number of phenolic OH excluding ortho intramolecular Hbond substituents is 1. The van der Waals surface area contributed by atoms with Crippen LogP contribution < -0.4 is 4.90 Å². The van der Waals surface area contributed by atoms with Gasteiger partial charge in [0.2, 0.25) is 11.8 Å². The number of fused-ring (bicyclic) bond motifs is 5. The molecule has 1 N–H and O–H groups in total. The van der Waals surface area contributed by atoms with Crippen LogP contribution >= 0.6 is 0 Å². The highest BCUT2D eigenvalue weighted by molar-refractivity contribution is 6.32. The molecule has 3 aliphatic carbocycles. The third-order valence-electron chi connectivity index (χ3n) is 11.9.